The fourth-order valence-electron chi connectivity index (χ4n) is 2.93. The first-order valence-electron chi connectivity index (χ1n) is 6.26. The average molecular weight is 231 g/mol. The Bertz CT molecular complexity index is 398. The van der Waals surface area contributed by atoms with Gasteiger partial charge in [0, 0.05) is 12.7 Å². The van der Waals surface area contributed by atoms with Gasteiger partial charge < -0.3 is 10.2 Å². The third-order valence-electron chi connectivity index (χ3n) is 3.92. The van der Waals surface area contributed by atoms with Crippen molar-refractivity contribution in [1.82, 2.24) is 9.88 Å². The van der Waals surface area contributed by atoms with Crippen molar-refractivity contribution in [3.05, 3.63) is 24.5 Å². The van der Waals surface area contributed by atoms with Crippen molar-refractivity contribution in [2.24, 2.45) is 11.8 Å². The lowest BCUT2D eigenvalue weighted by atomic mass is 9.78. The van der Waals surface area contributed by atoms with Gasteiger partial charge in [-0.15, -0.1) is 0 Å². The van der Waals surface area contributed by atoms with Crippen LogP contribution in [0.15, 0.2) is 24.5 Å². The van der Waals surface area contributed by atoms with Crippen molar-refractivity contribution in [1.29, 1.82) is 0 Å². The number of carbonyl (C=O) groups excluding carboxylic acids is 1. The molecule has 4 heteroatoms. The van der Waals surface area contributed by atoms with Crippen molar-refractivity contribution in [3.63, 3.8) is 0 Å². The van der Waals surface area contributed by atoms with Gasteiger partial charge in [0.05, 0.1) is 17.8 Å². The summed E-state index contributed by atoms with van der Waals surface area (Å²) < 4.78 is 0. The van der Waals surface area contributed by atoms with Crippen LogP contribution in [0.1, 0.15) is 12.8 Å². The molecule has 4 rings (SSSR count). The zero-order chi connectivity index (χ0) is 11.7. The molecule has 1 atom stereocenters. The third kappa shape index (κ3) is 2.17. The summed E-state index contributed by atoms with van der Waals surface area (Å²) in [6.45, 7) is 3.26. The molecule has 0 radical (unpaired) electrons. The molecule has 1 aromatic heterocycles. The van der Waals surface area contributed by atoms with Crippen LogP contribution in [-0.4, -0.2) is 35.4 Å². The normalized spacial score (nSPS) is 31.2. The van der Waals surface area contributed by atoms with Crippen LogP contribution < -0.4 is 5.32 Å². The Labute approximate surface area is 101 Å². The Morgan fingerprint density at radius 3 is 2.82 bits per heavy atom. The van der Waals surface area contributed by atoms with E-state index in [1.807, 2.05) is 12.1 Å². The Kier molecular flexibility index (Phi) is 2.81. The van der Waals surface area contributed by atoms with Crippen LogP contribution in [0.5, 0.6) is 0 Å². The van der Waals surface area contributed by atoms with Gasteiger partial charge in [-0.1, -0.05) is 0 Å². The highest BCUT2D eigenvalue weighted by Gasteiger charge is 2.38. The molecule has 0 spiro atoms. The number of rotatable bonds is 2. The molecule has 2 bridgehead atoms. The van der Waals surface area contributed by atoms with Gasteiger partial charge in [0.1, 0.15) is 0 Å². The minimum Gasteiger partial charge on any atom is -0.324 e. The van der Waals surface area contributed by atoms with E-state index in [-0.39, 0.29) is 11.8 Å². The number of hydrogen-bond acceptors (Lipinski definition) is 3. The molecule has 0 aromatic carbocycles. The number of piperidine rings is 3. The van der Waals surface area contributed by atoms with E-state index in [9.17, 15) is 4.79 Å². The molecule has 1 amide bonds. The number of carbonyl (C=O) groups is 1. The predicted octanol–water partition coefficient (Wildman–Crippen LogP) is 1.36. The van der Waals surface area contributed by atoms with Crippen molar-refractivity contribution in [3.8, 4) is 0 Å². The van der Waals surface area contributed by atoms with Crippen molar-refractivity contribution in [2.45, 2.75) is 12.8 Å². The number of nitrogens with zero attached hydrogens (tertiary/aromatic N) is 2. The average Bonchev–Trinajstić information content (AvgIpc) is 2.41. The van der Waals surface area contributed by atoms with Gasteiger partial charge in [0.25, 0.3) is 0 Å². The number of nitrogens with one attached hydrogen (secondary N) is 1. The van der Waals surface area contributed by atoms with Crippen LogP contribution in [0, 0.1) is 11.8 Å². The fourth-order valence-corrected chi connectivity index (χ4v) is 2.93. The number of anilines is 1. The first-order chi connectivity index (χ1) is 8.33. The quantitative estimate of drug-likeness (QED) is 0.836. The highest BCUT2D eigenvalue weighted by molar-refractivity contribution is 5.92. The maximum Gasteiger partial charge on any atom is 0.229 e. The molecule has 90 valence electrons. The Balaban J connectivity index is 1.67. The summed E-state index contributed by atoms with van der Waals surface area (Å²) in [6.07, 6.45) is 5.75. The van der Waals surface area contributed by atoms with Crippen LogP contribution in [-0.2, 0) is 4.79 Å². The first-order valence-corrected chi connectivity index (χ1v) is 6.26. The summed E-state index contributed by atoms with van der Waals surface area (Å²) >= 11 is 0. The lowest BCUT2D eigenvalue weighted by molar-refractivity contribution is -0.125. The first kappa shape index (κ1) is 10.7. The summed E-state index contributed by atoms with van der Waals surface area (Å²) in [6, 6.07) is 3.72. The summed E-state index contributed by atoms with van der Waals surface area (Å²) in [7, 11) is 0. The summed E-state index contributed by atoms with van der Waals surface area (Å²) in [5.41, 5.74) is 0.800. The van der Waals surface area contributed by atoms with E-state index in [2.05, 4.69) is 15.2 Å². The van der Waals surface area contributed by atoms with Gasteiger partial charge >= 0.3 is 0 Å². The molecule has 3 aliphatic heterocycles. The van der Waals surface area contributed by atoms with Gasteiger partial charge in [-0.3, -0.25) is 9.78 Å². The fraction of sp³-hybridized carbons (Fsp3) is 0.538. The minimum atomic E-state index is 0.160. The highest BCUT2D eigenvalue weighted by atomic mass is 16.1. The number of amides is 1. The monoisotopic (exact) mass is 231 g/mol. The largest absolute Gasteiger partial charge is 0.324 e. The van der Waals surface area contributed by atoms with E-state index in [1.165, 1.54) is 25.9 Å². The summed E-state index contributed by atoms with van der Waals surface area (Å²) in [5.74, 6) is 0.904. The molecule has 4 nitrogen and oxygen atoms in total. The Morgan fingerprint density at radius 1 is 1.41 bits per heavy atom. The van der Waals surface area contributed by atoms with Crippen molar-refractivity contribution in [2.75, 3.05) is 25.0 Å². The second kappa shape index (κ2) is 4.45. The number of hydrogen-bond donors (Lipinski definition) is 1. The molecule has 3 aliphatic rings. The van der Waals surface area contributed by atoms with E-state index < -0.39 is 0 Å². The van der Waals surface area contributed by atoms with E-state index in [0.717, 1.165) is 12.2 Å². The van der Waals surface area contributed by atoms with Gasteiger partial charge in [-0.2, -0.15) is 0 Å². The van der Waals surface area contributed by atoms with Crippen LogP contribution in [0.2, 0.25) is 0 Å². The van der Waals surface area contributed by atoms with Crippen molar-refractivity contribution < 1.29 is 4.79 Å². The molecule has 1 N–H and O–H groups in total. The SMILES string of the molecule is O=C(Nc1cccnc1)C1CN2CCC1CC2. The van der Waals surface area contributed by atoms with Crippen LogP contribution >= 0.6 is 0 Å². The number of fused-ring (bicyclic) bond motifs is 3. The predicted molar refractivity (Wildman–Crippen MR) is 65.5 cm³/mol. The smallest absolute Gasteiger partial charge is 0.229 e. The number of aromatic nitrogens is 1. The maximum atomic E-state index is 12.2. The molecule has 0 aliphatic carbocycles. The lowest BCUT2D eigenvalue weighted by Gasteiger charge is -2.43. The van der Waals surface area contributed by atoms with Gasteiger partial charge in [-0.25, -0.2) is 0 Å². The van der Waals surface area contributed by atoms with Gasteiger partial charge in [-0.05, 0) is 44.0 Å². The minimum absolute atomic E-state index is 0.160. The molecule has 1 aromatic rings. The van der Waals surface area contributed by atoms with Gasteiger partial charge in [0.15, 0.2) is 0 Å². The standard InChI is InChI=1S/C13H17N3O/c17-13(15-11-2-1-5-14-8-11)12-9-16-6-3-10(12)4-7-16/h1-2,5,8,10,12H,3-4,6-7,9H2,(H,15,17). The topological polar surface area (TPSA) is 45.2 Å². The molecule has 17 heavy (non-hydrogen) atoms. The van der Waals surface area contributed by atoms with Gasteiger partial charge in [0.2, 0.25) is 5.91 Å². The van der Waals surface area contributed by atoms with E-state index >= 15 is 0 Å². The third-order valence-corrected chi connectivity index (χ3v) is 3.92. The summed E-state index contributed by atoms with van der Waals surface area (Å²) in [5, 5.41) is 2.97. The molecule has 0 saturated carbocycles. The van der Waals surface area contributed by atoms with E-state index in [0.29, 0.717) is 5.92 Å². The van der Waals surface area contributed by atoms with Crippen molar-refractivity contribution >= 4 is 11.6 Å². The molecule has 4 heterocycles. The van der Waals surface area contributed by atoms with Crippen LogP contribution in [0.25, 0.3) is 0 Å². The Hall–Kier alpha value is -1.42. The van der Waals surface area contributed by atoms with Crippen LogP contribution in [0.3, 0.4) is 0 Å². The zero-order valence-electron chi connectivity index (χ0n) is 9.80. The van der Waals surface area contributed by atoms with E-state index in [4.69, 9.17) is 0 Å². The Morgan fingerprint density at radius 2 is 2.24 bits per heavy atom. The zero-order valence-corrected chi connectivity index (χ0v) is 9.80. The molecule has 3 fully saturated rings. The molecular weight excluding hydrogens is 214 g/mol. The molecule has 3 saturated heterocycles. The second-order valence-electron chi connectivity index (χ2n) is 4.98. The highest BCUT2D eigenvalue weighted by Crippen LogP contribution is 2.32. The summed E-state index contributed by atoms with van der Waals surface area (Å²) in [4.78, 5) is 18.6. The molecule has 1 unspecified atom stereocenters. The van der Waals surface area contributed by atoms with E-state index in [1.54, 1.807) is 12.4 Å². The van der Waals surface area contributed by atoms with Crippen LogP contribution in [0.4, 0.5) is 5.69 Å². The second-order valence-corrected chi connectivity index (χ2v) is 4.98. The lowest BCUT2D eigenvalue weighted by Crippen LogP contribution is -2.51. The number of pyridine rings is 1. The molecular formula is C13H17N3O. The maximum absolute atomic E-state index is 12.2.